The van der Waals surface area contributed by atoms with Crippen LogP contribution < -0.4 is 10.6 Å². The van der Waals surface area contributed by atoms with Crippen molar-refractivity contribution in [2.75, 3.05) is 33.4 Å². The predicted octanol–water partition coefficient (Wildman–Crippen LogP) is 1.72. The molecule has 5 nitrogen and oxygen atoms in total. The number of hydrogen-bond acceptors (Lipinski definition) is 4. The molecule has 1 saturated heterocycles. The van der Waals surface area contributed by atoms with Gasteiger partial charge in [-0.25, -0.2) is 0 Å². The van der Waals surface area contributed by atoms with Gasteiger partial charge in [-0.05, 0) is 37.4 Å². The van der Waals surface area contributed by atoms with E-state index in [1.807, 2.05) is 30.3 Å². The minimum atomic E-state index is -0.671. The number of rotatable bonds is 8. The summed E-state index contributed by atoms with van der Waals surface area (Å²) >= 11 is 0. The van der Waals surface area contributed by atoms with Gasteiger partial charge in [-0.3, -0.25) is 4.79 Å². The number of methoxy groups -OCH3 is 1. The van der Waals surface area contributed by atoms with Crippen molar-refractivity contribution >= 4 is 5.91 Å². The third-order valence-electron chi connectivity index (χ3n) is 4.34. The lowest BCUT2D eigenvalue weighted by Crippen LogP contribution is -2.54. The van der Waals surface area contributed by atoms with E-state index < -0.39 is 5.60 Å². The number of carbonyl (C=O) groups is 1. The highest BCUT2D eigenvalue weighted by Crippen LogP contribution is 2.22. The molecule has 128 valence electrons. The van der Waals surface area contributed by atoms with Crippen molar-refractivity contribution in [3.05, 3.63) is 35.9 Å². The molecule has 1 aromatic rings. The zero-order valence-corrected chi connectivity index (χ0v) is 14.1. The molecule has 0 spiro atoms. The van der Waals surface area contributed by atoms with Gasteiger partial charge in [0.15, 0.2) is 0 Å². The van der Waals surface area contributed by atoms with Crippen LogP contribution in [0.1, 0.15) is 25.3 Å². The highest BCUT2D eigenvalue weighted by molar-refractivity contribution is 5.85. The molecule has 0 aliphatic carbocycles. The lowest BCUT2D eigenvalue weighted by Gasteiger charge is -2.35. The van der Waals surface area contributed by atoms with E-state index >= 15 is 0 Å². The van der Waals surface area contributed by atoms with Gasteiger partial charge in [-0.1, -0.05) is 37.3 Å². The quantitative estimate of drug-likeness (QED) is 0.766. The van der Waals surface area contributed by atoms with Crippen molar-refractivity contribution in [3.63, 3.8) is 0 Å². The van der Waals surface area contributed by atoms with Gasteiger partial charge in [0, 0.05) is 13.7 Å². The Hall–Kier alpha value is -1.43. The van der Waals surface area contributed by atoms with Gasteiger partial charge < -0.3 is 20.1 Å². The highest BCUT2D eigenvalue weighted by atomic mass is 16.5. The molecule has 1 heterocycles. The Kier molecular flexibility index (Phi) is 7.02. The van der Waals surface area contributed by atoms with Crippen molar-refractivity contribution in [3.8, 4) is 0 Å². The molecule has 0 radical (unpaired) electrons. The van der Waals surface area contributed by atoms with Crippen LogP contribution in [0.3, 0.4) is 0 Å². The van der Waals surface area contributed by atoms with Crippen LogP contribution >= 0.6 is 0 Å². The number of carbonyl (C=O) groups excluding carboxylic acids is 1. The molecule has 2 N–H and O–H groups in total. The smallest absolute Gasteiger partial charge is 0.252 e. The minimum Gasteiger partial charge on any atom is -0.376 e. The summed E-state index contributed by atoms with van der Waals surface area (Å²) in [5, 5.41) is 6.28. The van der Waals surface area contributed by atoms with E-state index in [9.17, 15) is 4.79 Å². The number of piperidine rings is 1. The van der Waals surface area contributed by atoms with Gasteiger partial charge in [0.2, 0.25) is 0 Å². The standard InChI is InChI=1S/C18H28N2O3/c1-15(13-23-14-16-6-4-3-5-7-16)12-20-17(21)18(22-2)8-10-19-11-9-18/h3-7,15,19H,8-14H2,1-2H3,(H,20,21). The summed E-state index contributed by atoms with van der Waals surface area (Å²) in [6.45, 7) is 5.54. The normalized spacial score (nSPS) is 18.3. The molecule has 2 rings (SSSR count). The zero-order chi connectivity index (χ0) is 16.5. The van der Waals surface area contributed by atoms with Crippen molar-refractivity contribution < 1.29 is 14.3 Å². The van der Waals surface area contributed by atoms with Gasteiger partial charge >= 0.3 is 0 Å². The maximum atomic E-state index is 12.4. The Morgan fingerprint density at radius 1 is 1.30 bits per heavy atom. The Labute approximate surface area is 138 Å². The van der Waals surface area contributed by atoms with Crippen molar-refractivity contribution in [1.29, 1.82) is 0 Å². The maximum absolute atomic E-state index is 12.4. The van der Waals surface area contributed by atoms with E-state index in [-0.39, 0.29) is 11.8 Å². The minimum absolute atomic E-state index is 0.00332. The van der Waals surface area contributed by atoms with E-state index in [2.05, 4.69) is 17.6 Å². The van der Waals surface area contributed by atoms with Crippen LogP contribution in [0.15, 0.2) is 30.3 Å². The molecule has 5 heteroatoms. The summed E-state index contributed by atoms with van der Waals surface area (Å²) in [5.74, 6) is 0.259. The van der Waals surface area contributed by atoms with Gasteiger partial charge in [0.05, 0.1) is 13.2 Å². The van der Waals surface area contributed by atoms with E-state index in [0.29, 0.717) is 32.6 Å². The summed E-state index contributed by atoms with van der Waals surface area (Å²) in [7, 11) is 1.62. The number of hydrogen-bond donors (Lipinski definition) is 2. The largest absolute Gasteiger partial charge is 0.376 e. The molecule has 1 aliphatic heterocycles. The highest BCUT2D eigenvalue weighted by Gasteiger charge is 2.39. The molecular weight excluding hydrogens is 292 g/mol. The molecule has 1 amide bonds. The van der Waals surface area contributed by atoms with Gasteiger partial charge in [0.25, 0.3) is 5.91 Å². The fourth-order valence-corrected chi connectivity index (χ4v) is 2.79. The monoisotopic (exact) mass is 320 g/mol. The predicted molar refractivity (Wildman–Crippen MR) is 90.1 cm³/mol. The topological polar surface area (TPSA) is 59.6 Å². The van der Waals surface area contributed by atoms with Crippen LogP contribution in [0.25, 0.3) is 0 Å². The maximum Gasteiger partial charge on any atom is 0.252 e. The molecule has 1 aromatic carbocycles. The van der Waals surface area contributed by atoms with E-state index in [1.165, 1.54) is 0 Å². The molecule has 1 unspecified atom stereocenters. The molecule has 1 fully saturated rings. The lowest BCUT2D eigenvalue weighted by atomic mass is 9.91. The second-order valence-corrected chi connectivity index (χ2v) is 6.26. The number of benzene rings is 1. The Bertz CT molecular complexity index is 472. The Morgan fingerprint density at radius 3 is 2.65 bits per heavy atom. The number of nitrogens with one attached hydrogen (secondary N) is 2. The first kappa shape index (κ1) is 17.9. The van der Waals surface area contributed by atoms with Crippen LogP contribution in [0, 0.1) is 5.92 Å². The van der Waals surface area contributed by atoms with Crippen molar-refractivity contribution in [2.24, 2.45) is 5.92 Å². The fraction of sp³-hybridized carbons (Fsp3) is 0.611. The van der Waals surface area contributed by atoms with Crippen molar-refractivity contribution in [2.45, 2.75) is 32.0 Å². The average molecular weight is 320 g/mol. The molecule has 23 heavy (non-hydrogen) atoms. The van der Waals surface area contributed by atoms with E-state index in [4.69, 9.17) is 9.47 Å². The zero-order valence-electron chi connectivity index (χ0n) is 14.1. The van der Waals surface area contributed by atoms with Gasteiger partial charge in [0.1, 0.15) is 5.60 Å². The van der Waals surface area contributed by atoms with Crippen LogP contribution in [-0.2, 0) is 20.9 Å². The first-order chi connectivity index (χ1) is 11.2. The van der Waals surface area contributed by atoms with Crippen LogP contribution in [0.2, 0.25) is 0 Å². The Morgan fingerprint density at radius 2 is 2.00 bits per heavy atom. The summed E-state index contributed by atoms with van der Waals surface area (Å²) in [6.07, 6.45) is 1.43. The second-order valence-electron chi connectivity index (χ2n) is 6.26. The van der Waals surface area contributed by atoms with Gasteiger partial charge in [-0.15, -0.1) is 0 Å². The lowest BCUT2D eigenvalue weighted by molar-refractivity contribution is -0.147. The number of ether oxygens (including phenoxy) is 2. The van der Waals surface area contributed by atoms with Crippen LogP contribution in [-0.4, -0.2) is 44.9 Å². The third kappa shape index (κ3) is 5.30. The van der Waals surface area contributed by atoms with E-state index in [1.54, 1.807) is 7.11 Å². The summed E-state index contributed by atoms with van der Waals surface area (Å²) in [5.41, 5.74) is 0.493. The molecule has 1 atom stereocenters. The summed E-state index contributed by atoms with van der Waals surface area (Å²) in [4.78, 5) is 12.4. The molecular formula is C18H28N2O3. The van der Waals surface area contributed by atoms with E-state index in [0.717, 1.165) is 18.7 Å². The van der Waals surface area contributed by atoms with Crippen LogP contribution in [0.5, 0.6) is 0 Å². The average Bonchev–Trinajstić information content (AvgIpc) is 2.61. The Balaban J connectivity index is 1.69. The summed E-state index contributed by atoms with van der Waals surface area (Å²) in [6, 6.07) is 10.1. The first-order valence-corrected chi connectivity index (χ1v) is 8.32. The van der Waals surface area contributed by atoms with Crippen LogP contribution in [0.4, 0.5) is 0 Å². The summed E-state index contributed by atoms with van der Waals surface area (Å²) < 4.78 is 11.2. The molecule has 0 aromatic heterocycles. The second kappa shape index (κ2) is 9.01. The molecule has 0 bridgehead atoms. The SMILES string of the molecule is COC1(C(=O)NCC(C)COCc2ccccc2)CCNCC1. The fourth-order valence-electron chi connectivity index (χ4n) is 2.79. The van der Waals surface area contributed by atoms with Crippen molar-refractivity contribution in [1.82, 2.24) is 10.6 Å². The van der Waals surface area contributed by atoms with Gasteiger partial charge in [-0.2, -0.15) is 0 Å². The first-order valence-electron chi connectivity index (χ1n) is 8.32. The third-order valence-corrected chi connectivity index (χ3v) is 4.34. The molecule has 0 saturated carbocycles. The molecule has 1 aliphatic rings. The number of amides is 1.